The lowest BCUT2D eigenvalue weighted by Gasteiger charge is -2.14. The maximum absolute atomic E-state index is 13.1. The van der Waals surface area contributed by atoms with Gasteiger partial charge >= 0.3 is 0 Å². The Balaban J connectivity index is 1.67. The third kappa shape index (κ3) is 6.38. The molecule has 6 nitrogen and oxygen atoms in total. The zero-order chi connectivity index (χ0) is 24.7. The number of sulfonamides is 1. The maximum Gasteiger partial charge on any atom is 0.262 e. The summed E-state index contributed by atoms with van der Waals surface area (Å²) in [6, 6.07) is 18.2. The summed E-state index contributed by atoms with van der Waals surface area (Å²) in [6.07, 6.45) is 1.50. The van der Waals surface area contributed by atoms with Crippen LogP contribution in [0.15, 0.2) is 65.6 Å². The highest BCUT2D eigenvalue weighted by Gasteiger charge is 2.20. The van der Waals surface area contributed by atoms with Gasteiger partial charge in [0.2, 0.25) is 0 Å². The van der Waals surface area contributed by atoms with E-state index in [1.54, 1.807) is 25.1 Å². The minimum absolute atomic E-state index is 0.0895. The van der Waals surface area contributed by atoms with Crippen molar-refractivity contribution in [3.63, 3.8) is 0 Å². The number of ether oxygens (including phenoxy) is 1. The second-order valence-corrected chi connectivity index (χ2v) is 9.96. The normalized spacial score (nSPS) is 11.2. The molecule has 1 amide bonds. The van der Waals surface area contributed by atoms with Crippen LogP contribution in [0.1, 0.15) is 46.0 Å². The van der Waals surface area contributed by atoms with Crippen molar-refractivity contribution in [3.8, 4) is 5.75 Å². The lowest BCUT2D eigenvalue weighted by atomic mass is 10.1. The Bertz CT molecular complexity index is 1270. The van der Waals surface area contributed by atoms with E-state index in [-0.39, 0.29) is 10.8 Å². The number of benzene rings is 3. The van der Waals surface area contributed by atoms with E-state index in [1.165, 1.54) is 6.07 Å². The standard InChI is InChI=1S/C27H32N2O4S/c1-5-33-25-11-7-6-9-22(25)10-8-16-28-27(30)23-15-14-21(4)26(18-23)34(31,32)29-24-17-19(2)12-13-20(24)3/h6-7,9,11-15,17-18,29H,5,8,10,16H2,1-4H3,(H,28,30). The van der Waals surface area contributed by atoms with Crippen LogP contribution in [0, 0.1) is 20.8 Å². The van der Waals surface area contributed by atoms with Crippen molar-refractivity contribution in [1.82, 2.24) is 5.32 Å². The van der Waals surface area contributed by atoms with Crippen molar-refractivity contribution in [3.05, 3.63) is 88.5 Å². The van der Waals surface area contributed by atoms with Gasteiger partial charge in [-0.15, -0.1) is 0 Å². The number of carbonyl (C=O) groups excluding carboxylic acids is 1. The third-order valence-corrected chi connectivity index (χ3v) is 7.07. The van der Waals surface area contributed by atoms with Crippen LogP contribution < -0.4 is 14.8 Å². The molecule has 3 aromatic rings. The molecule has 0 spiro atoms. The van der Waals surface area contributed by atoms with Crippen LogP contribution >= 0.6 is 0 Å². The molecule has 34 heavy (non-hydrogen) atoms. The second-order valence-electron chi connectivity index (χ2n) is 8.30. The first-order valence-corrected chi connectivity index (χ1v) is 12.9. The molecule has 0 unspecified atom stereocenters. The Labute approximate surface area is 202 Å². The number of amides is 1. The van der Waals surface area contributed by atoms with Crippen molar-refractivity contribution in [2.75, 3.05) is 17.9 Å². The summed E-state index contributed by atoms with van der Waals surface area (Å²) in [5.74, 6) is 0.558. The zero-order valence-electron chi connectivity index (χ0n) is 20.1. The molecule has 2 N–H and O–H groups in total. The van der Waals surface area contributed by atoms with E-state index in [9.17, 15) is 13.2 Å². The van der Waals surface area contributed by atoms with Gasteiger partial charge in [-0.05, 0) is 87.1 Å². The van der Waals surface area contributed by atoms with Crippen molar-refractivity contribution < 1.29 is 17.9 Å². The first-order chi connectivity index (χ1) is 16.2. The van der Waals surface area contributed by atoms with Crippen molar-refractivity contribution in [2.24, 2.45) is 0 Å². The Hall–Kier alpha value is -3.32. The second kappa shape index (κ2) is 11.2. The van der Waals surface area contributed by atoms with Gasteiger partial charge in [0.15, 0.2) is 0 Å². The van der Waals surface area contributed by atoms with E-state index in [4.69, 9.17) is 4.74 Å². The van der Waals surface area contributed by atoms with Crippen molar-refractivity contribution in [1.29, 1.82) is 0 Å². The minimum atomic E-state index is -3.85. The fraction of sp³-hybridized carbons (Fsp3) is 0.296. The van der Waals surface area contributed by atoms with E-state index < -0.39 is 10.0 Å². The molecule has 3 aromatic carbocycles. The molecular weight excluding hydrogens is 448 g/mol. The smallest absolute Gasteiger partial charge is 0.262 e. The molecule has 0 atom stereocenters. The lowest BCUT2D eigenvalue weighted by Crippen LogP contribution is -2.25. The molecular formula is C27H32N2O4S. The number of hydrogen-bond donors (Lipinski definition) is 2. The summed E-state index contributed by atoms with van der Waals surface area (Å²) in [7, 11) is -3.85. The van der Waals surface area contributed by atoms with Gasteiger partial charge in [-0.25, -0.2) is 8.42 Å². The van der Waals surface area contributed by atoms with E-state index in [2.05, 4.69) is 10.0 Å². The maximum atomic E-state index is 13.1. The van der Waals surface area contributed by atoms with Crippen LogP contribution in [0.25, 0.3) is 0 Å². The summed E-state index contributed by atoms with van der Waals surface area (Å²) in [5, 5.41) is 2.89. The molecule has 0 aliphatic carbocycles. The highest BCUT2D eigenvalue weighted by Crippen LogP contribution is 2.24. The van der Waals surface area contributed by atoms with E-state index in [0.29, 0.717) is 30.0 Å². The van der Waals surface area contributed by atoms with Gasteiger partial charge in [-0.2, -0.15) is 0 Å². The van der Waals surface area contributed by atoms with Crippen LogP contribution in [0.5, 0.6) is 5.75 Å². The molecule has 0 aromatic heterocycles. The summed E-state index contributed by atoms with van der Waals surface area (Å²) in [5.41, 5.74) is 4.29. The molecule has 3 rings (SSSR count). The number of hydrogen-bond acceptors (Lipinski definition) is 4. The molecule has 7 heteroatoms. The van der Waals surface area contributed by atoms with E-state index in [0.717, 1.165) is 35.3 Å². The molecule has 0 aliphatic rings. The SMILES string of the molecule is CCOc1ccccc1CCCNC(=O)c1ccc(C)c(S(=O)(=O)Nc2cc(C)ccc2C)c1. The monoisotopic (exact) mass is 480 g/mol. The Morgan fingerprint density at radius 3 is 2.44 bits per heavy atom. The van der Waals surface area contributed by atoms with Crippen LogP contribution in [-0.2, 0) is 16.4 Å². The van der Waals surface area contributed by atoms with Crippen LogP contribution in [0.4, 0.5) is 5.69 Å². The predicted octanol–water partition coefficient (Wildman–Crippen LogP) is 5.17. The van der Waals surface area contributed by atoms with Gasteiger partial charge in [-0.1, -0.05) is 36.4 Å². The highest BCUT2D eigenvalue weighted by molar-refractivity contribution is 7.92. The van der Waals surface area contributed by atoms with Gasteiger partial charge < -0.3 is 10.1 Å². The first-order valence-electron chi connectivity index (χ1n) is 11.4. The highest BCUT2D eigenvalue weighted by atomic mass is 32.2. The number of anilines is 1. The van der Waals surface area contributed by atoms with Gasteiger partial charge in [0.05, 0.1) is 17.2 Å². The average molecular weight is 481 g/mol. The minimum Gasteiger partial charge on any atom is -0.494 e. The fourth-order valence-electron chi connectivity index (χ4n) is 3.67. The van der Waals surface area contributed by atoms with Gasteiger partial charge in [0, 0.05) is 12.1 Å². The Morgan fingerprint density at radius 1 is 0.941 bits per heavy atom. The van der Waals surface area contributed by atoms with Gasteiger partial charge in [0.25, 0.3) is 15.9 Å². The molecule has 0 aliphatic heterocycles. The van der Waals surface area contributed by atoms with E-state index in [1.807, 2.05) is 57.2 Å². The first kappa shape index (κ1) is 25.3. The molecule has 0 bridgehead atoms. The number of aryl methyl sites for hydroxylation is 4. The summed E-state index contributed by atoms with van der Waals surface area (Å²) < 4.78 is 34.5. The summed E-state index contributed by atoms with van der Waals surface area (Å²) in [4.78, 5) is 12.8. The fourth-order valence-corrected chi connectivity index (χ4v) is 5.06. The molecule has 0 saturated heterocycles. The number of rotatable bonds is 10. The molecule has 180 valence electrons. The summed E-state index contributed by atoms with van der Waals surface area (Å²) >= 11 is 0. The molecule has 0 heterocycles. The molecule has 0 fully saturated rings. The number of nitrogens with one attached hydrogen (secondary N) is 2. The van der Waals surface area contributed by atoms with Crippen molar-refractivity contribution in [2.45, 2.75) is 45.4 Å². The van der Waals surface area contributed by atoms with Crippen LogP contribution in [0.2, 0.25) is 0 Å². The van der Waals surface area contributed by atoms with Crippen molar-refractivity contribution >= 4 is 21.6 Å². The van der Waals surface area contributed by atoms with E-state index >= 15 is 0 Å². The Morgan fingerprint density at radius 2 is 1.68 bits per heavy atom. The Kier molecular flexibility index (Phi) is 8.34. The topological polar surface area (TPSA) is 84.5 Å². The van der Waals surface area contributed by atoms with Gasteiger partial charge in [0.1, 0.15) is 5.75 Å². The number of para-hydroxylation sites is 1. The van der Waals surface area contributed by atoms with Crippen LogP contribution in [0.3, 0.4) is 0 Å². The zero-order valence-corrected chi connectivity index (χ0v) is 21.0. The van der Waals surface area contributed by atoms with Gasteiger partial charge in [-0.3, -0.25) is 9.52 Å². The molecule has 0 radical (unpaired) electrons. The quantitative estimate of drug-likeness (QED) is 0.392. The number of carbonyl (C=O) groups is 1. The predicted molar refractivity (Wildman–Crippen MR) is 136 cm³/mol. The lowest BCUT2D eigenvalue weighted by molar-refractivity contribution is 0.0953. The average Bonchev–Trinajstić information content (AvgIpc) is 2.80. The van der Waals surface area contributed by atoms with Crippen LogP contribution in [-0.4, -0.2) is 27.5 Å². The largest absolute Gasteiger partial charge is 0.494 e. The summed E-state index contributed by atoms with van der Waals surface area (Å²) in [6.45, 7) is 8.49. The molecule has 0 saturated carbocycles. The third-order valence-electron chi connectivity index (χ3n) is 5.56.